The summed E-state index contributed by atoms with van der Waals surface area (Å²) in [5.74, 6) is -0.132. The second-order valence-corrected chi connectivity index (χ2v) is 2.85. The molecule has 3 N–H and O–H groups in total. The first-order chi connectivity index (χ1) is 6.20. The Morgan fingerprint density at radius 1 is 1.77 bits per heavy atom. The number of nitrogens with two attached hydrogens (primary N) is 1. The van der Waals surface area contributed by atoms with Crippen molar-refractivity contribution in [1.82, 2.24) is 15.1 Å². The molecule has 0 unspecified atom stereocenters. The molecule has 0 aliphatic carbocycles. The molecule has 0 saturated heterocycles. The minimum absolute atomic E-state index is 0.132. The SMILES string of the molecule is C[C@@H](N)C(=O)NCCn1cccn1. The van der Waals surface area contributed by atoms with E-state index in [-0.39, 0.29) is 5.91 Å². The number of hydrogen-bond acceptors (Lipinski definition) is 3. The summed E-state index contributed by atoms with van der Waals surface area (Å²) in [7, 11) is 0. The van der Waals surface area contributed by atoms with E-state index in [0.717, 1.165) is 0 Å². The number of nitrogens with zero attached hydrogens (tertiary/aromatic N) is 2. The van der Waals surface area contributed by atoms with E-state index < -0.39 is 6.04 Å². The third-order valence-corrected chi connectivity index (χ3v) is 1.61. The van der Waals surface area contributed by atoms with Crippen LogP contribution in [0.3, 0.4) is 0 Å². The molecule has 1 atom stereocenters. The molecule has 1 heterocycles. The van der Waals surface area contributed by atoms with Gasteiger partial charge in [-0.25, -0.2) is 0 Å². The fourth-order valence-corrected chi connectivity index (χ4v) is 0.887. The average molecular weight is 182 g/mol. The predicted molar refractivity (Wildman–Crippen MR) is 48.9 cm³/mol. The van der Waals surface area contributed by atoms with Gasteiger partial charge in [0.2, 0.25) is 5.91 Å². The zero-order chi connectivity index (χ0) is 9.68. The summed E-state index contributed by atoms with van der Waals surface area (Å²) >= 11 is 0. The number of nitrogens with one attached hydrogen (secondary N) is 1. The normalized spacial score (nSPS) is 12.5. The zero-order valence-corrected chi connectivity index (χ0v) is 7.60. The first kappa shape index (κ1) is 9.73. The van der Waals surface area contributed by atoms with Gasteiger partial charge in [-0.05, 0) is 13.0 Å². The lowest BCUT2D eigenvalue weighted by Gasteiger charge is -2.07. The number of carbonyl (C=O) groups is 1. The second-order valence-electron chi connectivity index (χ2n) is 2.85. The topological polar surface area (TPSA) is 72.9 Å². The van der Waals surface area contributed by atoms with Crippen LogP contribution < -0.4 is 11.1 Å². The lowest BCUT2D eigenvalue weighted by Crippen LogP contribution is -2.39. The molecule has 1 aromatic rings. The van der Waals surface area contributed by atoms with E-state index in [2.05, 4.69) is 10.4 Å². The molecule has 0 aliphatic heterocycles. The van der Waals surface area contributed by atoms with Crippen LogP contribution in [-0.2, 0) is 11.3 Å². The Bertz CT molecular complexity index is 255. The van der Waals surface area contributed by atoms with Crippen LogP contribution >= 0.6 is 0 Å². The Labute approximate surface area is 76.9 Å². The van der Waals surface area contributed by atoms with Crippen LogP contribution in [0, 0.1) is 0 Å². The fraction of sp³-hybridized carbons (Fsp3) is 0.500. The largest absolute Gasteiger partial charge is 0.353 e. The van der Waals surface area contributed by atoms with Crippen LogP contribution in [0.2, 0.25) is 0 Å². The molecular formula is C8H14N4O. The van der Waals surface area contributed by atoms with Gasteiger partial charge in [0.1, 0.15) is 0 Å². The lowest BCUT2D eigenvalue weighted by molar-refractivity contribution is -0.122. The van der Waals surface area contributed by atoms with Crippen molar-refractivity contribution >= 4 is 5.91 Å². The molecule has 1 aromatic heterocycles. The van der Waals surface area contributed by atoms with Gasteiger partial charge in [-0.2, -0.15) is 5.10 Å². The Morgan fingerprint density at radius 2 is 2.54 bits per heavy atom. The van der Waals surface area contributed by atoms with Crippen molar-refractivity contribution in [3.8, 4) is 0 Å². The molecule has 0 radical (unpaired) electrons. The summed E-state index contributed by atoms with van der Waals surface area (Å²) < 4.78 is 1.75. The molecule has 0 bridgehead atoms. The van der Waals surface area contributed by atoms with Gasteiger partial charge in [0.25, 0.3) is 0 Å². The van der Waals surface area contributed by atoms with Crippen LogP contribution in [-0.4, -0.2) is 28.3 Å². The van der Waals surface area contributed by atoms with E-state index >= 15 is 0 Å². The summed E-state index contributed by atoms with van der Waals surface area (Å²) in [6.45, 7) is 2.89. The van der Waals surface area contributed by atoms with Crippen molar-refractivity contribution in [3.05, 3.63) is 18.5 Å². The van der Waals surface area contributed by atoms with Gasteiger partial charge >= 0.3 is 0 Å². The van der Waals surface area contributed by atoms with Crippen molar-refractivity contribution in [1.29, 1.82) is 0 Å². The third kappa shape index (κ3) is 3.25. The van der Waals surface area contributed by atoms with E-state index in [1.807, 2.05) is 12.3 Å². The number of hydrogen-bond donors (Lipinski definition) is 2. The summed E-state index contributed by atoms with van der Waals surface area (Å²) in [6.07, 6.45) is 3.55. The molecule has 0 aromatic carbocycles. The molecule has 5 nitrogen and oxygen atoms in total. The number of amides is 1. The smallest absolute Gasteiger partial charge is 0.236 e. The second kappa shape index (κ2) is 4.61. The van der Waals surface area contributed by atoms with Gasteiger partial charge in [0, 0.05) is 18.9 Å². The first-order valence-electron chi connectivity index (χ1n) is 4.21. The number of aromatic nitrogens is 2. The standard InChI is InChI=1S/C8H14N4O/c1-7(9)8(13)10-4-6-12-5-2-3-11-12/h2-3,5,7H,4,6,9H2,1H3,(H,10,13)/t7-/m1/s1. The van der Waals surface area contributed by atoms with Crippen LogP contribution in [0.15, 0.2) is 18.5 Å². The van der Waals surface area contributed by atoms with E-state index in [1.54, 1.807) is 17.8 Å². The quantitative estimate of drug-likeness (QED) is 0.649. The Kier molecular flexibility index (Phi) is 3.45. The molecule has 0 fully saturated rings. The van der Waals surface area contributed by atoms with Crippen molar-refractivity contribution < 1.29 is 4.79 Å². The third-order valence-electron chi connectivity index (χ3n) is 1.61. The highest BCUT2D eigenvalue weighted by Crippen LogP contribution is 1.83. The first-order valence-corrected chi connectivity index (χ1v) is 4.21. The van der Waals surface area contributed by atoms with Crippen LogP contribution in [0.1, 0.15) is 6.92 Å². The van der Waals surface area contributed by atoms with Gasteiger partial charge in [-0.1, -0.05) is 0 Å². The number of rotatable bonds is 4. The van der Waals surface area contributed by atoms with Crippen molar-refractivity contribution in [2.24, 2.45) is 5.73 Å². The van der Waals surface area contributed by atoms with E-state index in [0.29, 0.717) is 13.1 Å². The Morgan fingerprint density at radius 3 is 3.08 bits per heavy atom. The van der Waals surface area contributed by atoms with Crippen molar-refractivity contribution in [3.63, 3.8) is 0 Å². The predicted octanol–water partition coefficient (Wildman–Crippen LogP) is -0.653. The molecule has 13 heavy (non-hydrogen) atoms. The van der Waals surface area contributed by atoms with Gasteiger partial charge in [-0.3, -0.25) is 9.48 Å². The molecule has 0 aliphatic rings. The number of carbonyl (C=O) groups excluding carboxylic acids is 1. The molecule has 0 saturated carbocycles. The maximum Gasteiger partial charge on any atom is 0.236 e. The van der Waals surface area contributed by atoms with Crippen LogP contribution in [0.4, 0.5) is 0 Å². The van der Waals surface area contributed by atoms with E-state index in [9.17, 15) is 4.79 Å². The molecule has 72 valence electrons. The maximum absolute atomic E-state index is 11.0. The summed E-state index contributed by atoms with van der Waals surface area (Å²) in [6, 6.07) is 1.39. The van der Waals surface area contributed by atoms with Crippen LogP contribution in [0.25, 0.3) is 0 Å². The zero-order valence-electron chi connectivity index (χ0n) is 7.60. The lowest BCUT2D eigenvalue weighted by atomic mass is 10.3. The maximum atomic E-state index is 11.0. The summed E-state index contributed by atoms with van der Waals surface area (Å²) in [5, 5.41) is 6.69. The minimum Gasteiger partial charge on any atom is -0.353 e. The molecule has 0 spiro atoms. The van der Waals surface area contributed by atoms with E-state index in [1.165, 1.54) is 0 Å². The summed E-state index contributed by atoms with van der Waals surface area (Å²) in [5.41, 5.74) is 5.36. The van der Waals surface area contributed by atoms with Crippen molar-refractivity contribution in [2.45, 2.75) is 19.5 Å². The monoisotopic (exact) mass is 182 g/mol. The van der Waals surface area contributed by atoms with Crippen molar-refractivity contribution in [2.75, 3.05) is 6.54 Å². The fourth-order valence-electron chi connectivity index (χ4n) is 0.887. The molecular weight excluding hydrogens is 168 g/mol. The minimum atomic E-state index is -0.447. The average Bonchev–Trinajstić information content (AvgIpc) is 2.56. The van der Waals surface area contributed by atoms with Gasteiger partial charge in [0.05, 0.1) is 12.6 Å². The summed E-state index contributed by atoms with van der Waals surface area (Å²) in [4.78, 5) is 11.0. The Balaban J connectivity index is 2.18. The molecule has 1 rings (SSSR count). The van der Waals surface area contributed by atoms with Gasteiger partial charge < -0.3 is 11.1 Å². The van der Waals surface area contributed by atoms with Crippen LogP contribution in [0.5, 0.6) is 0 Å². The highest BCUT2D eigenvalue weighted by molar-refractivity contribution is 5.80. The van der Waals surface area contributed by atoms with E-state index in [4.69, 9.17) is 5.73 Å². The highest BCUT2D eigenvalue weighted by atomic mass is 16.2. The highest BCUT2D eigenvalue weighted by Gasteiger charge is 2.04. The Hall–Kier alpha value is -1.36. The molecule has 5 heteroatoms. The molecule has 1 amide bonds. The van der Waals surface area contributed by atoms with Gasteiger partial charge in [0.15, 0.2) is 0 Å². The van der Waals surface area contributed by atoms with Gasteiger partial charge in [-0.15, -0.1) is 0 Å².